The van der Waals surface area contributed by atoms with E-state index in [9.17, 15) is 4.79 Å². The van der Waals surface area contributed by atoms with Crippen molar-refractivity contribution in [3.05, 3.63) is 11.9 Å². The lowest BCUT2D eigenvalue weighted by molar-refractivity contribution is 0.0769. The topological polar surface area (TPSA) is 78.2 Å². The first kappa shape index (κ1) is 11.9. The number of nitrogens with one attached hydrogen (secondary N) is 1. The van der Waals surface area contributed by atoms with E-state index >= 15 is 0 Å². The van der Waals surface area contributed by atoms with Crippen molar-refractivity contribution >= 4 is 11.6 Å². The molecule has 1 aromatic heterocycles. The molecule has 0 aliphatic carbocycles. The van der Waals surface area contributed by atoms with E-state index < -0.39 is 0 Å². The van der Waals surface area contributed by atoms with Crippen LogP contribution in [0.15, 0.2) is 6.20 Å². The summed E-state index contributed by atoms with van der Waals surface area (Å²) < 4.78 is 0. The Bertz CT molecular complexity index is 402. The van der Waals surface area contributed by atoms with Crippen molar-refractivity contribution in [3.63, 3.8) is 0 Å². The number of hydrogen-bond acceptors (Lipinski definition) is 4. The Morgan fingerprint density at radius 3 is 3.06 bits per heavy atom. The highest BCUT2D eigenvalue weighted by molar-refractivity contribution is 5.96. The van der Waals surface area contributed by atoms with E-state index in [2.05, 4.69) is 22.1 Å². The number of rotatable bonds is 3. The number of H-pyrrole nitrogens is 1. The minimum absolute atomic E-state index is 0.0884. The maximum Gasteiger partial charge on any atom is 0.273 e. The second-order valence-corrected chi connectivity index (χ2v) is 4.80. The van der Waals surface area contributed by atoms with E-state index in [1.54, 1.807) is 11.9 Å². The zero-order valence-corrected chi connectivity index (χ0v) is 10.3. The smallest absolute Gasteiger partial charge is 0.273 e. The van der Waals surface area contributed by atoms with Gasteiger partial charge < -0.3 is 15.5 Å². The van der Waals surface area contributed by atoms with Crippen LogP contribution in [-0.2, 0) is 0 Å². The Kier molecular flexibility index (Phi) is 3.33. The molecule has 1 fully saturated rings. The lowest BCUT2D eigenvalue weighted by atomic mass is 10.1. The van der Waals surface area contributed by atoms with Gasteiger partial charge in [-0.05, 0) is 25.9 Å². The van der Waals surface area contributed by atoms with Crippen LogP contribution in [0.3, 0.4) is 0 Å². The summed E-state index contributed by atoms with van der Waals surface area (Å²) in [6.45, 7) is 2.93. The molecule has 2 rings (SSSR count). The number of nitrogens with zero attached hydrogens (tertiary/aromatic N) is 3. The average molecular weight is 237 g/mol. The molecule has 1 saturated heterocycles. The summed E-state index contributed by atoms with van der Waals surface area (Å²) in [6.07, 6.45) is 2.61. The molecule has 1 aliphatic rings. The van der Waals surface area contributed by atoms with Gasteiger partial charge in [0.1, 0.15) is 5.69 Å². The summed E-state index contributed by atoms with van der Waals surface area (Å²) >= 11 is 0. The van der Waals surface area contributed by atoms with Crippen LogP contribution in [0, 0.1) is 5.92 Å². The molecule has 1 unspecified atom stereocenters. The number of hydrogen-bond donors (Lipinski definition) is 2. The molecular weight excluding hydrogens is 218 g/mol. The third-order valence-corrected chi connectivity index (χ3v) is 3.25. The number of amides is 1. The summed E-state index contributed by atoms with van der Waals surface area (Å²) in [7, 11) is 3.91. The monoisotopic (exact) mass is 237 g/mol. The van der Waals surface area contributed by atoms with E-state index in [4.69, 9.17) is 5.73 Å². The van der Waals surface area contributed by atoms with Gasteiger partial charge in [-0.15, -0.1) is 0 Å². The summed E-state index contributed by atoms with van der Waals surface area (Å²) in [4.78, 5) is 16.1. The molecule has 17 heavy (non-hydrogen) atoms. The van der Waals surface area contributed by atoms with Gasteiger partial charge in [-0.1, -0.05) is 0 Å². The van der Waals surface area contributed by atoms with E-state index in [1.165, 1.54) is 6.20 Å². The highest BCUT2D eigenvalue weighted by Gasteiger charge is 2.24. The molecule has 1 aromatic rings. The van der Waals surface area contributed by atoms with Crippen LogP contribution >= 0.6 is 0 Å². The van der Waals surface area contributed by atoms with Crippen LogP contribution < -0.4 is 5.73 Å². The molecule has 0 radical (unpaired) electrons. The van der Waals surface area contributed by atoms with Crippen molar-refractivity contribution in [2.24, 2.45) is 5.92 Å². The quantitative estimate of drug-likeness (QED) is 0.776. The van der Waals surface area contributed by atoms with Gasteiger partial charge in [-0.2, -0.15) is 5.10 Å². The normalized spacial score (nSPS) is 20.7. The number of nitrogen functional groups attached to an aromatic ring is 1. The first-order valence-corrected chi connectivity index (χ1v) is 5.80. The molecule has 2 heterocycles. The summed E-state index contributed by atoms with van der Waals surface area (Å²) in [5, 5.41) is 6.41. The van der Waals surface area contributed by atoms with Gasteiger partial charge in [0.2, 0.25) is 0 Å². The fourth-order valence-corrected chi connectivity index (χ4v) is 2.30. The van der Waals surface area contributed by atoms with Crippen molar-refractivity contribution in [1.29, 1.82) is 0 Å². The Hall–Kier alpha value is -1.56. The fourth-order valence-electron chi connectivity index (χ4n) is 2.30. The Morgan fingerprint density at radius 1 is 1.76 bits per heavy atom. The molecule has 0 aromatic carbocycles. The van der Waals surface area contributed by atoms with Crippen LogP contribution in [-0.4, -0.2) is 59.6 Å². The molecule has 0 saturated carbocycles. The lowest BCUT2D eigenvalue weighted by Crippen LogP contribution is -2.33. The minimum atomic E-state index is -0.0884. The maximum atomic E-state index is 12.1. The van der Waals surface area contributed by atoms with Crippen LogP contribution in [0.5, 0.6) is 0 Å². The summed E-state index contributed by atoms with van der Waals surface area (Å²) in [6, 6.07) is 0. The molecule has 6 nitrogen and oxygen atoms in total. The van der Waals surface area contributed by atoms with Crippen molar-refractivity contribution in [1.82, 2.24) is 20.0 Å². The highest BCUT2D eigenvalue weighted by atomic mass is 16.2. The number of carbonyl (C=O) groups excluding carboxylic acids is 1. The molecule has 6 heteroatoms. The number of likely N-dealkylation sites (tertiary alicyclic amines) is 1. The predicted octanol–water partition coefficient (Wildman–Crippen LogP) is 0.0156. The summed E-state index contributed by atoms with van der Waals surface area (Å²) in [5.41, 5.74) is 6.46. The van der Waals surface area contributed by atoms with Crippen LogP contribution in [0.25, 0.3) is 0 Å². The van der Waals surface area contributed by atoms with Gasteiger partial charge in [0.15, 0.2) is 0 Å². The zero-order chi connectivity index (χ0) is 12.4. The molecule has 1 aliphatic heterocycles. The van der Waals surface area contributed by atoms with Crippen molar-refractivity contribution < 1.29 is 4.79 Å². The first-order valence-electron chi connectivity index (χ1n) is 5.80. The van der Waals surface area contributed by atoms with Crippen molar-refractivity contribution in [2.45, 2.75) is 6.42 Å². The van der Waals surface area contributed by atoms with Gasteiger partial charge in [0.25, 0.3) is 5.91 Å². The maximum absolute atomic E-state index is 12.1. The van der Waals surface area contributed by atoms with Crippen LogP contribution in [0.2, 0.25) is 0 Å². The van der Waals surface area contributed by atoms with Gasteiger partial charge in [0, 0.05) is 20.1 Å². The largest absolute Gasteiger partial charge is 0.396 e. The van der Waals surface area contributed by atoms with Gasteiger partial charge in [-0.3, -0.25) is 9.89 Å². The SMILES string of the molecule is CN1CCC(CN(C)C(=O)c2[nH]ncc2N)C1. The molecule has 1 atom stereocenters. The predicted molar refractivity (Wildman–Crippen MR) is 65.6 cm³/mol. The van der Waals surface area contributed by atoms with Crippen molar-refractivity contribution in [3.8, 4) is 0 Å². The van der Waals surface area contributed by atoms with E-state index in [1.807, 2.05) is 0 Å². The number of carbonyl (C=O) groups is 1. The molecule has 0 spiro atoms. The Morgan fingerprint density at radius 2 is 2.53 bits per heavy atom. The Balaban J connectivity index is 1.94. The third kappa shape index (κ3) is 2.58. The highest BCUT2D eigenvalue weighted by Crippen LogP contribution is 2.17. The zero-order valence-electron chi connectivity index (χ0n) is 10.3. The molecule has 3 N–H and O–H groups in total. The number of aromatic nitrogens is 2. The van der Waals surface area contributed by atoms with E-state index in [0.717, 1.165) is 26.1 Å². The molecular formula is C11H19N5O. The Labute approximate surface area is 101 Å². The standard InChI is InChI=1S/C11H19N5O/c1-15-4-3-8(6-15)7-16(2)11(17)10-9(12)5-13-14-10/h5,8H,3-4,6-7,12H2,1-2H3,(H,13,14). The third-order valence-electron chi connectivity index (χ3n) is 3.25. The molecule has 1 amide bonds. The van der Waals surface area contributed by atoms with Crippen molar-refractivity contribution in [2.75, 3.05) is 39.5 Å². The summed E-state index contributed by atoms with van der Waals surface area (Å²) in [5.74, 6) is 0.465. The number of anilines is 1. The average Bonchev–Trinajstić information content (AvgIpc) is 2.86. The van der Waals surface area contributed by atoms with Crippen LogP contribution in [0.1, 0.15) is 16.9 Å². The number of nitrogens with two attached hydrogens (primary N) is 1. The van der Waals surface area contributed by atoms with Gasteiger partial charge >= 0.3 is 0 Å². The second kappa shape index (κ2) is 4.75. The lowest BCUT2D eigenvalue weighted by Gasteiger charge is -2.20. The second-order valence-electron chi connectivity index (χ2n) is 4.80. The van der Waals surface area contributed by atoms with Crippen LogP contribution in [0.4, 0.5) is 5.69 Å². The molecule has 0 bridgehead atoms. The first-order chi connectivity index (χ1) is 8.08. The van der Waals surface area contributed by atoms with E-state index in [0.29, 0.717) is 17.3 Å². The van der Waals surface area contributed by atoms with Gasteiger partial charge in [-0.25, -0.2) is 0 Å². The number of aromatic amines is 1. The van der Waals surface area contributed by atoms with E-state index in [-0.39, 0.29) is 5.91 Å². The van der Waals surface area contributed by atoms with Gasteiger partial charge in [0.05, 0.1) is 11.9 Å². The fraction of sp³-hybridized carbons (Fsp3) is 0.636. The molecule has 94 valence electrons. The minimum Gasteiger partial charge on any atom is -0.396 e.